The van der Waals surface area contributed by atoms with Gasteiger partial charge < -0.3 is 24.6 Å². The lowest BCUT2D eigenvalue weighted by molar-refractivity contribution is 0.193. The highest BCUT2D eigenvalue weighted by molar-refractivity contribution is 5.46. The van der Waals surface area contributed by atoms with Crippen molar-refractivity contribution >= 4 is 11.8 Å². The number of anilines is 2. The van der Waals surface area contributed by atoms with E-state index in [1.165, 1.54) is 0 Å². The van der Waals surface area contributed by atoms with Gasteiger partial charge in [-0.15, -0.1) is 0 Å². The van der Waals surface area contributed by atoms with Crippen LogP contribution < -0.4 is 10.2 Å². The van der Waals surface area contributed by atoms with Crippen molar-refractivity contribution in [3.8, 4) is 0 Å². The summed E-state index contributed by atoms with van der Waals surface area (Å²) in [7, 11) is 1.99. The minimum Gasteiger partial charge on any atom is -0.395 e. The molecule has 0 bridgehead atoms. The zero-order chi connectivity index (χ0) is 17.8. The van der Waals surface area contributed by atoms with Gasteiger partial charge in [-0.05, 0) is 20.3 Å². The number of rotatable bonds is 7. The minimum atomic E-state index is 0.0321. The first-order valence-corrected chi connectivity index (χ1v) is 8.52. The molecule has 2 aromatic rings. The van der Waals surface area contributed by atoms with Gasteiger partial charge in [0.2, 0.25) is 5.95 Å². The Morgan fingerprint density at radius 3 is 2.84 bits per heavy atom. The van der Waals surface area contributed by atoms with E-state index in [4.69, 9.17) is 14.4 Å². The number of aliphatic hydroxyl groups excluding tert-OH is 1. The van der Waals surface area contributed by atoms with E-state index < -0.39 is 0 Å². The van der Waals surface area contributed by atoms with E-state index in [9.17, 15) is 0 Å². The number of aromatic nitrogens is 3. The quantitative estimate of drug-likeness (QED) is 0.780. The SMILES string of the molecule is Cc1noc(C)c1CN(C)c1cc([C@H]2CCOC2)nc(NCCO)n1. The van der Waals surface area contributed by atoms with E-state index in [-0.39, 0.29) is 12.5 Å². The highest BCUT2D eigenvalue weighted by Crippen LogP contribution is 2.27. The second-order valence-electron chi connectivity index (χ2n) is 6.34. The first-order chi connectivity index (χ1) is 12.1. The van der Waals surface area contributed by atoms with Crippen LogP contribution in [0.3, 0.4) is 0 Å². The second kappa shape index (κ2) is 7.79. The highest BCUT2D eigenvalue weighted by Gasteiger charge is 2.22. The lowest BCUT2D eigenvalue weighted by Crippen LogP contribution is -2.21. The smallest absolute Gasteiger partial charge is 0.224 e. The summed E-state index contributed by atoms with van der Waals surface area (Å²) < 4.78 is 10.7. The standard InChI is InChI=1S/C17H25N5O3/c1-11-14(12(2)25-21-11)9-22(3)16-8-15(13-4-7-24-10-13)19-17(20-16)18-5-6-23/h8,13,23H,4-7,9-10H2,1-3H3,(H,18,19,20)/t13-/m0/s1. The molecule has 1 atom stereocenters. The van der Waals surface area contributed by atoms with Crippen LogP contribution in [0.4, 0.5) is 11.8 Å². The lowest BCUT2D eigenvalue weighted by atomic mass is 10.0. The van der Waals surface area contributed by atoms with Crippen molar-refractivity contribution in [2.75, 3.05) is 43.6 Å². The maximum atomic E-state index is 9.05. The summed E-state index contributed by atoms with van der Waals surface area (Å²) in [6, 6.07) is 2.02. The molecule has 0 amide bonds. The van der Waals surface area contributed by atoms with Crippen LogP contribution in [0.15, 0.2) is 10.6 Å². The van der Waals surface area contributed by atoms with Gasteiger partial charge in [0.05, 0.1) is 24.6 Å². The van der Waals surface area contributed by atoms with Crippen LogP contribution >= 0.6 is 0 Å². The van der Waals surface area contributed by atoms with Crippen molar-refractivity contribution < 1.29 is 14.4 Å². The van der Waals surface area contributed by atoms with Gasteiger partial charge in [0.1, 0.15) is 11.6 Å². The van der Waals surface area contributed by atoms with Crippen LogP contribution in [0, 0.1) is 13.8 Å². The molecule has 1 aliphatic rings. The number of ether oxygens (including phenoxy) is 1. The molecule has 136 valence electrons. The molecule has 0 saturated carbocycles. The number of hydrogen-bond acceptors (Lipinski definition) is 8. The molecule has 1 saturated heterocycles. The second-order valence-corrected chi connectivity index (χ2v) is 6.34. The Hall–Kier alpha value is -2.19. The van der Waals surface area contributed by atoms with Crippen molar-refractivity contribution in [1.82, 2.24) is 15.1 Å². The maximum Gasteiger partial charge on any atom is 0.224 e. The number of nitrogens with zero attached hydrogens (tertiary/aromatic N) is 4. The Balaban J connectivity index is 1.86. The van der Waals surface area contributed by atoms with Gasteiger partial charge in [-0.2, -0.15) is 4.98 Å². The maximum absolute atomic E-state index is 9.05. The van der Waals surface area contributed by atoms with Crippen LogP contribution in [0.2, 0.25) is 0 Å². The average molecular weight is 347 g/mol. The van der Waals surface area contributed by atoms with E-state index in [1.54, 1.807) is 0 Å². The Labute approximate surface area is 147 Å². The third-order valence-corrected chi connectivity index (χ3v) is 4.44. The third kappa shape index (κ3) is 4.08. The summed E-state index contributed by atoms with van der Waals surface area (Å²) >= 11 is 0. The first kappa shape index (κ1) is 17.6. The molecule has 25 heavy (non-hydrogen) atoms. The number of aryl methyl sites for hydroxylation is 2. The lowest BCUT2D eigenvalue weighted by Gasteiger charge is -2.20. The van der Waals surface area contributed by atoms with E-state index in [0.29, 0.717) is 25.6 Å². The van der Waals surface area contributed by atoms with E-state index in [2.05, 4.69) is 25.3 Å². The van der Waals surface area contributed by atoms with Crippen molar-refractivity contribution in [1.29, 1.82) is 0 Å². The largest absolute Gasteiger partial charge is 0.395 e. The minimum absolute atomic E-state index is 0.0321. The van der Waals surface area contributed by atoms with Crippen LogP contribution in [0.5, 0.6) is 0 Å². The van der Waals surface area contributed by atoms with Gasteiger partial charge in [-0.25, -0.2) is 4.98 Å². The van der Waals surface area contributed by atoms with Crippen molar-refractivity contribution in [3.05, 3.63) is 28.8 Å². The van der Waals surface area contributed by atoms with Crippen molar-refractivity contribution in [2.45, 2.75) is 32.7 Å². The molecule has 8 heteroatoms. The van der Waals surface area contributed by atoms with Gasteiger partial charge in [0.15, 0.2) is 0 Å². The van der Waals surface area contributed by atoms with Gasteiger partial charge in [0.25, 0.3) is 0 Å². The fourth-order valence-electron chi connectivity index (χ4n) is 2.92. The molecule has 3 rings (SSSR count). The summed E-state index contributed by atoms with van der Waals surface area (Å²) in [5.41, 5.74) is 2.92. The molecular weight excluding hydrogens is 322 g/mol. The van der Waals surface area contributed by atoms with E-state index in [1.807, 2.05) is 27.0 Å². The number of nitrogens with one attached hydrogen (secondary N) is 1. The topological polar surface area (TPSA) is 96.5 Å². The van der Waals surface area contributed by atoms with Crippen LogP contribution in [-0.2, 0) is 11.3 Å². The molecule has 0 aliphatic carbocycles. The molecule has 2 N–H and O–H groups in total. The van der Waals surface area contributed by atoms with Crippen molar-refractivity contribution in [3.63, 3.8) is 0 Å². The molecule has 1 fully saturated rings. The molecule has 0 aromatic carbocycles. The monoisotopic (exact) mass is 347 g/mol. The molecule has 0 spiro atoms. The van der Waals surface area contributed by atoms with Crippen LogP contribution in [-0.4, -0.2) is 53.6 Å². The van der Waals surface area contributed by atoms with Crippen molar-refractivity contribution in [2.24, 2.45) is 0 Å². The Morgan fingerprint density at radius 2 is 2.20 bits per heavy atom. The summed E-state index contributed by atoms with van der Waals surface area (Å²) in [5, 5.41) is 16.1. The number of aliphatic hydroxyl groups is 1. The molecule has 1 aliphatic heterocycles. The van der Waals surface area contributed by atoms with Crippen LogP contribution in [0.1, 0.15) is 35.1 Å². The molecule has 3 heterocycles. The predicted octanol–water partition coefficient (Wildman–Crippen LogP) is 1.63. The molecular formula is C17H25N5O3. The van der Waals surface area contributed by atoms with E-state index >= 15 is 0 Å². The van der Waals surface area contributed by atoms with Crippen LogP contribution in [0.25, 0.3) is 0 Å². The Morgan fingerprint density at radius 1 is 1.36 bits per heavy atom. The summed E-state index contributed by atoms with van der Waals surface area (Å²) in [6.07, 6.45) is 0.962. The summed E-state index contributed by atoms with van der Waals surface area (Å²) in [5.74, 6) is 2.45. The van der Waals surface area contributed by atoms with Gasteiger partial charge in [0, 0.05) is 44.3 Å². The summed E-state index contributed by atoms with van der Waals surface area (Å²) in [4.78, 5) is 11.2. The Kier molecular flexibility index (Phi) is 5.50. The summed E-state index contributed by atoms with van der Waals surface area (Å²) in [6.45, 7) is 6.40. The molecule has 0 radical (unpaired) electrons. The fraction of sp³-hybridized carbons (Fsp3) is 0.588. The third-order valence-electron chi connectivity index (χ3n) is 4.44. The number of hydrogen-bond donors (Lipinski definition) is 2. The zero-order valence-electron chi connectivity index (χ0n) is 14.9. The normalized spacial score (nSPS) is 17.0. The van der Waals surface area contributed by atoms with Gasteiger partial charge in [-0.1, -0.05) is 5.16 Å². The predicted molar refractivity (Wildman–Crippen MR) is 93.9 cm³/mol. The molecule has 0 unspecified atom stereocenters. The molecule has 8 nitrogen and oxygen atoms in total. The first-order valence-electron chi connectivity index (χ1n) is 8.52. The Bertz CT molecular complexity index is 693. The molecule has 2 aromatic heterocycles. The van der Waals surface area contributed by atoms with Gasteiger partial charge in [-0.3, -0.25) is 0 Å². The van der Waals surface area contributed by atoms with E-state index in [0.717, 1.165) is 41.6 Å². The van der Waals surface area contributed by atoms with Gasteiger partial charge >= 0.3 is 0 Å². The highest BCUT2D eigenvalue weighted by atomic mass is 16.5. The zero-order valence-corrected chi connectivity index (χ0v) is 14.9. The average Bonchev–Trinajstić information content (AvgIpc) is 3.25. The fourth-order valence-corrected chi connectivity index (χ4v) is 2.92.